The van der Waals surface area contributed by atoms with Gasteiger partial charge in [-0.3, -0.25) is 9.78 Å². The molecule has 0 N–H and O–H groups in total. The van der Waals surface area contributed by atoms with Gasteiger partial charge in [0.2, 0.25) is 0 Å². The second-order valence-electron chi connectivity index (χ2n) is 5.30. The average molecular weight is 284 g/mol. The van der Waals surface area contributed by atoms with E-state index in [1.165, 1.54) is 12.1 Å². The number of pyridine rings is 1. The van der Waals surface area contributed by atoms with Crippen molar-refractivity contribution in [3.63, 3.8) is 0 Å². The molecule has 3 nitrogen and oxygen atoms in total. The van der Waals surface area contributed by atoms with Crippen LogP contribution in [0.15, 0.2) is 48.8 Å². The van der Waals surface area contributed by atoms with Crippen molar-refractivity contribution in [2.75, 3.05) is 6.54 Å². The van der Waals surface area contributed by atoms with E-state index in [0.29, 0.717) is 5.56 Å². The number of carbonyl (C=O) groups excluding carboxylic acids is 1. The summed E-state index contributed by atoms with van der Waals surface area (Å²) in [6.45, 7) is 0.732. The fourth-order valence-corrected chi connectivity index (χ4v) is 2.86. The predicted octanol–water partition coefficient (Wildman–Crippen LogP) is 3.59. The fraction of sp³-hybridized carbons (Fsp3) is 0.294. The molecule has 1 aliphatic rings. The molecular weight excluding hydrogens is 267 g/mol. The van der Waals surface area contributed by atoms with E-state index in [2.05, 4.69) is 4.98 Å². The lowest BCUT2D eigenvalue weighted by atomic mass is 9.94. The summed E-state index contributed by atoms with van der Waals surface area (Å²) in [5.41, 5.74) is 1.60. The van der Waals surface area contributed by atoms with Crippen LogP contribution in [-0.4, -0.2) is 22.3 Å². The molecule has 0 aliphatic carbocycles. The predicted molar refractivity (Wildman–Crippen MR) is 78.3 cm³/mol. The second kappa shape index (κ2) is 6.04. The van der Waals surface area contributed by atoms with Crippen LogP contribution in [-0.2, 0) is 0 Å². The van der Waals surface area contributed by atoms with Crippen LogP contribution in [0, 0.1) is 5.82 Å². The SMILES string of the molecule is O=C(c1cccnc1)N1CCCC[C@@H]1c1ccc(F)cc1. The molecule has 4 heteroatoms. The van der Waals surface area contributed by atoms with Gasteiger partial charge in [0.1, 0.15) is 5.82 Å². The molecule has 0 unspecified atom stereocenters. The van der Waals surface area contributed by atoms with Crippen LogP contribution < -0.4 is 0 Å². The number of hydrogen-bond acceptors (Lipinski definition) is 2. The Balaban J connectivity index is 1.88. The van der Waals surface area contributed by atoms with Crippen LogP contribution >= 0.6 is 0 Å². The highest BCUT2D eigenvalue weighted by atomic mass is 19.1. The quantitative estimate of drug-likeness (QED) is 0.844. The summed E-state index contributed by atoms with van der Waals surface area (Å²) in [5, 5.41) is 0. The molecule has 2 aromatic rings. The number of likely N-dealkylation sites (tertiary alicyclic amines) is 1. The van der Waals surface area contributed by atoms with Crippen molar-refractivity contribution in [1.29, 1.82) is 0 Å². The molecule has 0 bridgehead atoms. The van der Waals surface area contributed by atoms with Gasteiger partial charge in [-0.2, -0.15) is 0 Å². The zero-order valence-electron chi connectivity index (χ0n) is 11.7. The van der Waals surface area contributed by atoms with Gasteiger partial charge in [0.15, 0.2) is 0 Å². The van der Waals surface area contributed by atoms with Crippen molar-refractivity contribution in [3.8, 4) is 0 Å². The minimum Gasteiger partial charge on any atom is -0.332 e. The van der Waals surface area contributed by atoms with Gasteiger partial charge in [0, 0.05) is 18.9 Å². The third-order valence-corrected chi connectivity index (χ3v) is 3.93. The van der Waals surface area contributed by atoms with Crippen LogP contribution in [0.2, 0.25) is 0 Å². The fourth-order valence-electron chi connectivity index (χ4n) is 2.86. The van der Waals surface area contributed by atoms with Crippen LogP contribution in [0.25, 0.3) is 0 Å². The Hall–Kier alpha value is -2.23. The third kappa shape index (κ3) is 2.94. The first-order chi connectivity index (χ1) is 10.3. The number of benzene rings is 1. The smallest absolute Gasteiger partial charge is 0.255 e. The summed E-state index contributed by atoms with van der Waals surface area (Å²) in [6.07, 6.45) is 6.25. The average Bonchev–Trinajstić information content (AvgIpc) is 2.56. The Morgan fingerprint density at radius 2 is 2.00 bits per heavy atom. The van der Waals surface area contributed by atoms with Crippen LogP contribution in [0.5, 0.6) is 0 Å². The standard InChI is InChI=1S/C17H17FN2O/c18-15-8-6-13(7-9-15)16-5-1-2-11-20(16)17(21)14-4-3-10-19-12-14/h3-4,6-10,12,16H,1-2,5,11H2/t16-/m1/s1. The molecule has 0 saturated carbocycles. The molecule has 1 atom stereocenters. The first kappa shape index (κ1) is 13.7. The highest BCUT2D eigenvalue weighted by molar-refractivity contribution is 5.94. The molecule has 0 spiro atoms. The highest BCUT2D eigenvalue weighted by Crippen LogP contribution is 2.32. The Labute approximate surface area is 123 Å². The maximum Gasteiger partial charge on any atom is 0.255 e. The van der Waals surface area contributed by atoms with Crippen LogP contribution in [0.4, 0.5) is 4.39 Å². The Morgan fingerprint density at radius 1 is 1.19 bits per heavy atom. The highest BCUT2D eigenvalue weighted by Gasteiger charge is 2.28. The number of rotatable bonds is 2. The van der Waals surface area contributed by atoms with Gasteiger partial charge < -0.3 is 4.90 Å². The lowest BCUT2D eigenvalue weighted by Gasteiger charge is -2.36. The third-order valence-electron chi connectivity index (χ3n) is 3.93. The van der Waals surface area contributed by atoms with Crippen molar-refractivity contribution in [2.45, 2.75) is 25.3 Å². The number of nitrogens with zero attached hydrogens (tertiary/aromatic N) is 2. The van der Waals surface area contributed by atoms with E-state index in [-0.39, 0.29) is 17.8 Å². The number of amides is 1. The normalized spacial score (nSPS) is 18.5. The van der Waals surface area contributed by atoms with Crippen molar-refractivity contribution in [2.24, 2.45) is 0 Å². The Morgan fingerprint density at radius 3 is 2.71 bits per heavy atom. The Bertz CT molecular complexity index is 612. The molecule has 1 amide bonds. The maximum absolute atomic E-state index is 13.1. The minimum absolute atomic E-state index is 0.00266. The summed E-state index contributed by atoms with van der Waals surface area (Å²) >= 11 is 0. The molecule has 3 rings (SSSR count). The molecule has 2 heterocycles. The number of halogens is 1. The molecule has 21 heavy (non-hydrogen) atoms. The lowest BCUT2D eigenvalue weighted by Crippen LogP contribution is -2.38. The van der Waals surface area contributed by atoms with Gasteiger partial charge in [-0.15, -0.1) is 0 Å². The zero-order valence-corrected chi connectivity index (χ0v) is 11.7. The van der Waals surface area contributed by atoms with Crippen molar-refractivity contribution < 1.29 is 9.18 Å². The Kier molecular flexibility index (Phi) is 3.95. The largest absolute Gasteiger partial charge is 0.332 e. The molecule has 1 saturated heterocycles. The van der Waals surface area contributed by atoms with Gasteiger partial charge in [0.25, 0.3) is 5.91 Å². The molecule has 1 aromatic carbocycles. The zero-order chi connectivity index (χ0) is 14.7. The van der Waals surface area contributed by atoms with E-state index >= 15 is 0 Å². The second-order valence-corrected chi connectivity index (χ2v) is 5.30. The molecule has 1 fully saturated rings. The van der Waals surface area contributed by atoms with E-state index < -0.39 is 0 Å². The number of aromatic nitrogens is 1. The molecule has 1 aromatic heterocycles. The van der Waals surface area contributed by atoms with Gasteiger partial charge in [0.05, 0.1) is 11.6 Å². The van der Waals surface area contributed by atoms with E-state index in [4.69, 9.17) is 0 Å². The number of hydrogen-bond donors (Lipinski definition) is 0. The number of piperidine rings is 1. The van der Waals surface area contributed by atoms with Crippen molar-refractivity contribution in [1.82, 2.24) is 9.88 Å². The van der Waals surface area contributed by atoms with Gasteiger partial charge in [-0.25, -0.2) is 4.39 Å². The van der Waals surface area contributed by atoms with E-state index in [0.717, 1.165) is 31.4 Å². The summed E-state index contributed by atoms with van der Waals surface area (Å²) < 4.78 is 13.1. The van der Waals surface area contributed by atoms with Crippen molar-refractivity contribution >= 4 is 5.91 Å². The molecular formula is C17H17FN2O. The first-order valence-corrected chi connectivity index (χ1v) is 7.22. The van der Waals surface area contributed by atoms with E-state index in [9.17, 15) is 9.18 Å². The lowest BCUT2D eigenvalue weighted by molar-refractivity contribution is 0.0611. The van der Waals surface area contributed by atoms with Crippen LogP contribution in [0.3, 0.4) is 0 Å². The minimum atomic E-state index is -0.250. The van der Waals surface area contributed by atoms with E-state index in [1.807, 2.05) is 4.90 Å². The van der Waals surface area contributed by atoms with Gasteiger partial charge in [-0.05, 0) is 49.1 Å². The summed E-state index contributed by atoms with van der Waals surface area (Å²) in [4.78, 5) is 18.6. The summed E-state index contributed by atoms with van der Waals surface area (Å²) in [6, 6.07) is 10.0. The van der Waals surface area contributed by atoms with Crippen molar-refractivity contribution in [3.05, 3.63) is 65.7 Å². The first-order valence-electron chi connectivity index (χ1n) is 7.22. The maximum atomic E-state index is 13.1. The number of carbonyl (C=O) groups is 1. The van der Waals surface area contributed by atoms with Gasteiger partial charge >= 0.3 is 0 Å². The van der Waals surface area contributed by atoms with Gasteiger partial charge in [-0.1, -0.05) is 12.1 Å². The van der Waals surface area contributed by atoms with Crippen LogP contribution in [0.1, 0.15) is 41.2 Å². The monoisotopic (exact) mass is 284 g/mol. The van der Waals surface area contributed by atoms with E-state index in [1.54, 1.807) is 36.7 Å². The molecule has 1 aliphatic heterocycles. The molecule has 0 radical (unpaired) electrons. The summed E-state index contributed by atoms with van der Waals surface area (Å²) in [7, 11) is 0. The molecule has 108 valence electrons. The summed E-state index contributed by atoms with van der Waals surface area (Å²) in [5.74, 6) is -0.253. The topological polar surface area (TPSA) is 33.2 Å².